The standard InChI is InChI=1S/C28H31ClN6O/c1-4-6-18(7-5-2)25(30)27(36)24-15-19-14-20(16-21(29)26(19)34-24)33-28-32-13-11-23(35-28)22-9-8-17(3)10-12-31-22/h9-16,18,30,34H,4-8H2,1-3H3,(H,32,33,35). The number of nitrogens with zero attached hydrogens (tertiary/aromatic N) is 3. The third-order valence-corrected chi connectivity index (χ3v) is 6.51. The first kappa shape index (κ1) is 25.5. The van der Waals surface area contributed by atoms with Gasteiger partial charge in [-0.15, -0.1) is 0 Å². The van der Waals surface area contributed by atoms with Crippen LogP contribution in [0.2, 0.25) is 5.02 Å². The molecular weight excluding hydrogens is 472 g/mol. The van der Waals surface area contributed by atoms with Gasteiger partial charge < -0.3 is 15.7 Å². The van der Waals surface area contributed by atoms with Crippen LogP contribution < -0.4 is 5.32 Å². The van der Waals surface area contributed by atoms with Crippen molar-refractivity contribution in [3.8, 4) is 0 Å². The van der Waals surface area contributed by atoms with E-state index in [-0.39, 0.29) is 17.4 Å². The Labute approximate surface area is 216 Å². The predicted molar refractivity (Wildman–Crippen MR) is 149 cm³/mol. The van der Waals surface area contributed by atoms with Gasteiger partial charge in [-0.05, 0) is 56.5 Å². The topological polar surface area (TPSA) is 107 Å². The molecule has 36 heavy (non-hydrogen) atoms. The predicted octanol–water partition coefficient (Wildman–Crippen LogP) is 7.54. The van der Waals surface area contributed by atoms with E-state index < -0.39 is 0 Å². The zero-order valence-electron chi connectivity index (χ0n) is 20.9. The Hall–Kier alpha value is -3.58. The van der Waals surface area contributed by atoms with Gasteiger partial charge in [0, 0.05) is 29.4 Å². The van der Waals surface area contributed by atoms with Crippen molar-refractivity contribution in [3.05, 3.63) is 64.6 Å². The van der Waals surface area contributed by atoms with Gasteiger partial charge >= 0.3 is 0 Å². The fourth-order valence-electron chi connectivity index (χ4n) is 4.34. The molecule has 0 bridgehead atoms. The number of nitrogens with one attached hydrogen (secondary N) is 3. The fourth-order valence-corrected chi connectivity index (χ4v) is 4.61. The van der Waals surface area contributed by atoms with E-state index in [2.05, 4.69) is 46.0 Å². The molecule has 4 rings (SSSR count). The van der Waals surface area contributed by atoms with E-state index in [1.807, 2.05) is 24.3 Å². The van der Waals surface area contributed by atoms with E-state index in [1.165, 1.54) is 5.57 Å². The SMILES string of the molecule is CCCC(CCC)C(=N)C(=O)c1cc2cc(Nc3nccc(C4=CCC(C)=CC=N4)n3)cc(Cl)c2[nH]1. The maximum Gasteiger partial charge on any atom is 0.227 e. The fraction of sp³-hybridized carbons (Fsp3) is 0.321. The molecule has 1 aliphatic heterocycles. The summed E-state index contributed by atoms with van der Waals surface area (Å²) in [6.07, 6.45) is 11.9. The largest absolute Gasteiger partial charge is 0.351 e. The maximum absolute atomic E-state index is 13.1. The van der Waals surface area contributed by atoms with E-state index >= 15 is 0 Å². The van der Waals surface area contributed by atoms with Crippen molar-refractivity contribution in [2.24, 2.45) is 10.9 Å². The molecular formula is C28H31ClN6O. The van der Waals surface area contributed by atoms with E-state index in [9.17, 15) is 4.79 Å². The summed E-state index contributed by atoms with van der Waals surface area (Å²) in [6, 6.07) is 7.24. The summed E-state index contributed by atoms with van der Waals surface area (Å²) < 4.78 is 0. The van der Waals surface area contributed by atoms with Gasteiger partial charge in [0.25, 0.3) is 0 Å². The number of aromatic amines is 1. The van der Waals surface area contributed by atoms with Gasteiger partial charge in [-0.3, -0.25) is 9.79 Å². The number of aromatic nitrogens is 3. The molecule has 0 fully saturated rings. The number of fused-ring (bicyclic) bond motifs is 1. The Kier molecular flexibility index (Phi) is 8.10. The highest BCUT2D eigenvalue weighted by Crippen LogP contribution is 2.30. The summed E-state index contributed by atoms with van der Waals surface area (Å²) in [5.74, 6) is 0.119. The molecule has 0 saturated heterocycles. The lowest BCUT2D eigenvalue weighted by atomic mass is 9.90. The van der Waals surface area contributed by atoms with E-state index in [0.29, 0.717) is 27.9 Å². The number of hydrogen-bond donors (Lipinski definition) is 3. The second kappa shape index (κ2) is 11.4. The summed E-state index contributed by atoms with van der Waals surface area (Å²) in [4.78, 5) is 29.6. The van der Waals surface area contributed by atoms with E-state index in [0.717, 1.165) is 48.9 Å². The highest BCUT2D eigenvalue weighted by molar-refractivity contribution is 6.45. The molecule has 0 atom stereocenters. The number of allylic oxidation sites excluding steroid dienone is 3. The molecule has 0 amide bonds. The van der Waals surface area contributed by atoms with Gasteiger partial charge in [-0.1, -0.05) is 49.9 Å². The van der Waals surface area contributed by atoms with Crippen LogP contribution in [0.25, 0.3) is 16.6 Å². The number of hydrogen-bond acceptors (Lipinski definition) is 6. The number of halogens is 1. The number of ketones is 1. The average molecular weight is 503 g/mol. The molecule has 8 heteroatoms. The maximum atomic E-state index is 13.1. The van der Waals surface area contributed by atoms with Crippen LogP contribution in [0.3, 0.4) is 0 Å². The average Bonchev–Trinajstić information content (AvgIpc) is 3.18. The zero-order valence-corrected chi connectivity index (χ0v) is 21.6. The van der Waals surface area contributed by atoms with Crippen LogP contribution in [-0.2, 0) is 0 Å². The number of aliphatic imine (C=N–C) groups is 1. The van der Waals surface area contributed by atoms with Gasteiger partial charge in [0.1, 0.15) is 0 Å². The first-order valence-corrected chi connectivity index (χ1v) is 12.7. The molecule has 0 spiro atoms. The van der Waals surface area contributed by atoms with Crippen molar-refractivity contribution < 1.29 is 4.79 Å². The third kappa shape index (κ3) is 5.79. The molecule has 7 nitrogen and oxygen atoms in total. The number of Topliss-reactive ketones (excluding diaryl/α,β-unsaturated/α-hetero) is 1. The van der Waals surface area contributed by atoms with Crippen molar-refractivity contribution in [2.75, 3.05) is 5.32 Å². The summed E-state index contributed by atoms with van der Waals surface area (Å²) in [5, 5.41) is 12.9. The minimum atomic E-state index is -0.276. The first-order chi connectivity index (χ1) is 17.4. The Bertz CT molecular complexity index is 1380. The van der Waals surface area contributed by atoms with Gasteiger partial charge in [-0.2, -0.15) is 0 Å². The number of carbonyl (C=O) groups is 1. The Morgan fingerprint density at radius 3 is 2.75 bits per heavy atom. The molecule has 3 N–H and O–H groups in total. The van der Waals surface area contributed by atoms with Gasteiger partial charge in [0.15, 0.2) is 0 Å². The molecule has 2 aromatic heterocycles. The summed E-state index contributed by atoms with van der Waals surface area (Å²) in [6.45, 7) is 6.22. The smallest absolute Gasteiger partial charge is 0.227 e. The summed E-state index contributed by atoms with van der Waals surface area (Å²) in [5.41, 5.74) is 4.65. The summed E-state index contributed by atoms with van der Waals surface area (Å²) in [7, 11) is 0. The van der Waals surface area contributed by atoms with Crippen LogP contribution in [0.5, 0.6) is 0 Å². The Balaban J connectivity index is 1.57. The molecule has 0 unspecified atom stereocenters. The lowest BCUT2D eigenvalue weighted by Crippen LogP contribution is -2.23. The number of carbonyl (C=O) groups excluding carboxylic acids is 1. The lowest BCUT2D eigenvalue weighted by Gasteiger charge is -2.15. The van der Waals surface area contributed by atoms with Crippen LogP contribution in [0.15, 0.2) is 53.2 Å². The van der Waals surface area contributed by atoms with Gasteiger partial charge in [-0.25, -0.2) is 9.97 Å². The number of H-pyrrole nitrogens is 1. The monoisotopic (exact) mass is 502 g/mol. The molecule has 3 heterocycles. The van der Waals surface area contributed by atoms with Crippen LogP contribution in [0, 0.1) is 11.3 Å². The van der Waals surface area contributed by atoms with Crippen LogP contribution in [0.4, 0.5) is 11.6 Å². The molecule has 0 radical (unpaired) electrons. The van der Waals surface area contributed by atoms with Crippen LogP contribution >= 0.6 is 11.6 Å². The number of benzene rings is 1. The van der Waals surface area contributed by atoms with Crippen molar-refractivity contribution in [2.45, 2.75) is 52.9 Å². The second-order valence-corrected chi connectivity index (χ2v) is 9.50. The van der Waals surface area contributed by atoms with Crippen molar-refractivity contribution in [1.82, 2.24) is 15.0 Å². The first-order valence-electron chi connectivity index (χ1n) is 12.3. The van der Waals surface area contributed by atoms with Crippen LogP contribution in [0.1, 0.15) is 69.1 Å². The quantitative estimate of drug-likeness (QED) is 0.196. The minimum Gasteiger partial charge on any atom is -0.351 e. The number of rotatable bonds is 10. The van der Waals surface area contributed by atoms with Crippen molar-refractivity contribution >= 4 is 57.5 Å². The van der Waals surface area contributed by atoms with Crippen molar-refractivity contribution in [3.63, 3.8) is 0 Å². The minimum absolute atomic E-state index is 0.0244. The van der Waals surface area contributed by atoms with Crippen LogP contribution in [-0.4, -0.2) is 32.7 Å². The van der Waals surface area contributed by atoms with Gasteiger partial charge in [0.2, 0.25) is 11.7 Å². The molecule has 0 saturated carbocycles. The van der Waals surface area contributed by atoms with Crippen molar-refractivity contribution in [1.29, 1.82) is 5.41 Å². The highest BCUT2D eigenvalue weighted by Gasteiger charge is 2.23. The molecule has 3 aromatic rings. The zero-order chi connectivity index (χ0) is 25.7. The van der Waals surface area contributed by atoms with E-state index in [1.54, 1.807) is 24.5 Å². The summed E-state index contributed by atoms with van der Waals surface area (Å²) >= 11 is 6.56. The molecule has 186 valence electrons. The molecule has 0 aliphatic carbocycles. The Morgan fingerprint density at radius 2 is 2.00 bits per heavy atom. The molecule has 1 aliphatic rings. The second-order valence-electron chi connectivity index (χ2n) is 9.10. The lowest BCUT2D eigenvalue weighted by molar-refractivity contribution is 0.105. The van der Waals surface area contributed by atoms with E-state index in [4.69, 9.17) is 17.0 Å². The Morgan fingerprint density at radius 1 is 1.22 bits per heavy atom. The molecule has 1 aromatic carbocycles. The highest BCUT2D eigenvalue weighted by atomic mass is 35.5. The van der Waals surface area contributed by atoms with Gasteiger partial charge in [0.05, 0.1) is 33.3 Å². The normalized spacial score (nSPS) is 13.5. The number of anilines is 2. The third-order valence-electron chi connectivity index (χ3n) is 6.22.